The van der Waals surface area contributed by atoms with E-state index in [1.807, 2.05) is 18.3 Å². The molecule has 2 aliphatic heterocycles. The molecule has 0 unspecified atom stereocenters. The smallest absolute Gasteiger partial charge is 0.260 e. The summed E-state index contributed by atoms with van der Waals surface area (Å²) in [6.07, 6.45) is 5.50. The lowest BCUT2D eigenvalue weighted by atomic mass is 9.98. The molecule has 8 nitrogen and oxygen atoms in total. The maximum absolute atomic E-state index is 13.0. The zero-order valence-electron chi connectivity index (χ0n) is 19.2. The molecule has 0 radical (unpaired) electrons. The van der Waals surface area contributed by atoms with Crippen LogP contribution in [0.5, 0.6) is 5.75 Å². The predicted molar refractivity (Wildman–Crippen MR) is 126 cm³/mol. The van der Waals surface area contributed by atoms with Gasteiger partial charge in [-0.3, -0.25) is 14.5 Å². The molecule has 0 amide bonds. The number of hydrogen-bond donors (Lipinski definition) is 1. The van der Waals surface area contributed by atoms with E-state index in [9.17, 15) is 4.79 Å². The van der Waals surface area contributed by atoms with E-state index >= 15 is 0 Å². The minimum absolute atomic E-state index is 0.0940. The first kappa shape index (κ1) is 21.0. The number of H-pyrrole nitrogens is 1. The van der Waals surface area contributed by atoms with Gasteiger partial charge in [0.1, 0.15) is 5.75 Å². The summed E-state index contributed by atoms with van der Waals surface area (Å²) >= 11 is 0. The van der Waals surface area contributed by atoms with Crippen LogP contribution >= 0.6 is 0 Å². The lowest BCUT2D eigenvalue weighted by molar-refractivity contribution is 0.313. The van der Waals surface area contributed by atoms with Gasteiger partial charge < -0.3 is 14.5 Å². The second-order valence-corrected chi connectivity index (χ2v) is 9.21. The summed E-state index contributed by atoms with van der Waals surface area (Å²) in [4.78, 5) is 25.6. The Hall–Kier alpha value is -2.87. The highest BCUT2D eigenvalue weighted by Gasteiger charge is 2.24. The van der Waals surface area contributed by atoms with Gasteiger partial charge in [-0.2, -0.15) is 5.10 Å². The van der Waals surface area contributed by atoms with Gasteiger partial charge in [-0.15, -0.1) is 0 Å². The monoisotopic (exact) mass is 436 g/mol. The molecular weight excluding hydrogens is 404 g/mol. The quantitative estimate of drug-likeness (QED) is 0.640. The number of likely N-dealkylation sites (tertiary alicyclic amines) is 1. The summed E-state index contributed by atoms with van der Waals surface area (Å²) < 4.78 is 7.64. The normalized spacial score (nSPS) is 16.8. The van der Waals surface area contributed by atoms with E-state index in [-0.39, 0.29) is 11.5 Å². The Bertz CT molecular complexity index is 1180. The fourth-order valence-corrected chi connectivity index (χ4v) is 5.00. The van der Waals surface area contributed by atoms with Gasteiger partial charge >= 0.3 is 0 Å². The number of anilines is 1. The largest absolute Gasteiger partial charge is 0.497 e. The number of benzene rings is 1. The third-order valence-corrected chi connectivity index (χ3v) is 6.80. The van der Waals surface area contributed by atoms with Crippen LogP contribution in [0.3, 0.4) is 0 Å². The molecule has 8 heteroatoms. The minimum atomic E-state index is -0.0940. The lowest BCUT2D eigenvalue weighted by Crippen LogP contribution is -2.34. The number of nitrogens with one attached hydrogen (secondary N) is 1. The van der Waals surface area contributed by atoms with Crippen molar-refractivity contribution in [1.29, 1.82) is 0 Å². The van der Waals surface area contributed by atoms with Gasteiger partial charge in [-0.1, -0.05) is 13.8 Å². The molecule has 0 bridgehead atoms. The van der Waals surface area contributed by atoms with Crippen molar-refractivity contribution in [1.82, 2.24) is 24.6 Å². The van der Waals surface area contributed by atoms with Crippen LogP contribution in [0.25, 0.3) is 10.9 Å². The zero-order chi connectivity index (χ0) is 22.2. The van der Waals surface area contributed by atoms with Gasteiger partial charge in [0, 0.05) is 43.4 Å². The molecule has 32 heavy (non-hydrogen) atoms. The number of hydrogen-bond acceptors (Lipinski definition) is 6. The van der Waals surface area contributed by atoms with Crippen LogP contribution in [0.4, 0.5) is 5.95 Å². The Morgan fingerprint density at radius 1 is 1.16 bits per heavy atom. The number of aromatic amines is 1. The highest BCUT2D eigenvalue weighted by atomic mass is 16.5. The van der Waals surface area contributed by atoms with Crippen molar-refractivity contribution in [3.05, 3.63) is 45.5 Å². The van der Waals surface area contributed by atoms with Crippen molar-refractivity contribution >= 4 is 16.9 Å². The molecular formula is C24H32N6O2. The Balaban J connectivity index is 1.40. The summed E-state index contributed by atoms with van der Waals surface area (Å²) in [5, 5.41) is 5.31. The molecule has 1 fully saturated rings. The third kappa shape index (κ3) is 3.88. The maximum Gasteiger partial charge on any atom is 0.260 e. The molecule has 1 aromatic carbocycles. The molecule has 2 aromatic heterocycles. The van der Waals surface area contributed by atoms with E-state index in [2.05, 4.69) is 38.4 Å². The molecule has 0 spiro atoms. The zero-order valence-corrected chi connectivity index (χ0v) is 19.2. The summed E-state index contributed by atoms with van der Waals surface area (Å²) in [5.74, 6) is 1.54. The van der Waals surface area contributed by atoms with E-state index in [4.69, 9.17) is 9.72 Å². The van der Waals surface area contributed by atoms with Crippen molar-refractivity contribution in [2.24, 2.45) is 0 Å². The van der Waals surface area contributed by atoms with E-state index in [0.717, 1.165) is 37.4 Å². The number of nitrogens with zero attached hydrogens (tertiary/aromatic N) is 5. The second-order valence-electron chi connectivity index (χ2n) is 9.21. The predicted octanol–water partition coefficient (Wildman–Crippen LogP) is 2.91. The number of ether oxygens (including phenoxy) is 1. The summed E-state index contributed by atoms with van der Waals surface area (Å²) in [6, 6.07) is 3.79. The molecule has 1 saturated heterocycles. The van der Waals surface area contributed by atoms with Crippen LogP contribution in [-0.2, 0) is 19.5 Å². The van der Waals surface area contributed by atoms with Crippen molar-refractivity contribution in [3.8, 4) is 5.75 Å². The van der Waals surface area contributed by atoms with Gasteiger partial charge in [0.2, 0.25) is 5.95 Å². The Morgan fingerprint density at radius 2 is 1.97 bits per heavy atom. The number of methoxy groups -OCH3 is 1. The van der Waals surface area contributed by atoms with Crippen LogP contribution in [0.2, 0.25) is 0 Å². The first-order valence-electron chi connectivity index (χ1n) is 11.7. The Kier molecular flexibility index (Phi) is 5.63. The minimum Gasteiger partial charge on any atom is -0.497 e. The van der Waals surface area contributed by atoms with Crippen LogP contribution in [0.15, 0.2) is 23.1 Å². The van der Waals surface area contributed by atoms with Gasteiger partial charge in [0.15, 0.2) is 0 Å². The molecule has 1 N–H and O–H groups in total. The topological polar surface area (TPSA) is 79.3 Å². The molecule has 170 valence electrons. The van der Waals surface area contributed by atoms with Crippen molar-refractivity contribution in [3.63, 3.8) is 0 Å². The molecule has 3 aromatic rings. The Morgan fingerprint density at radius 3 is 2.72 bits per heavy atom. The highest BCUT2D eigenvalue weighted by molar-refractivity contribution is 5.84. The number of rotatable bonds is 6. The first-order chi connectivity index (χ1) is 15.5. The van der Waals surface area contributed by atoms with Crippen LogP contribution in [0, 0.1) is 0 Å². The first-order valence-corrected chi connectivity index (χ1v) is 11.7. The van der Waals surface area contributed by atoms with Crippen molar-refractivity contribution < 1.29 is 4.74 Å². The summed E-state index contributed by atoms with van der Waals surface area (Å²) in [7, 11) is 1.65. The van der Waals surface area contributed by atoms with E-state index < -0.39 is 0 Å². The highest BCUT2D eigenvalue weighted by Crippen LogP contribution is 2.29. The summed E-state index contributed by atoms with van der Waals surface area (Å²) in [5.41, 5.74) is 4.07. The van der Waals surface area contributed by atoms with Crippen LogP contribution < -0.4 is 15.2 Å². The van der Waals surface area contributed by atoms with Crippen LogP contribution in [0.1, 0.15) is 49.4 Å². The number of aromatic nitrogens is 4. The van der Waals surface area contributed by atoms with E-state index in [1.54, 1.807) is 7.11 Å². The van der Waals surface area contributed by atoms with E-state index in [1.165, 1.54) is 37.2 Å². The number of fused-ring (bicyclic) bond motifs is 2. The molecule has 0 aliphatic carbocycles. The molecule has 0 saturated carbocycles. The van der Waals surface area contributed by atoms with Gasteiger partial charge in [-0.25, -0.2) is 4.98 Å². The third-order valence-electron chi connectivity index (χ3n) is 6.80. The molecule has 0 atom stereocenters. The van der Waals surface area contributed by atoms with Gasteiger partial charge in [-0.05, 0) is 43.5 Å². The van der Waals surface area contributed by atoms with Crippen LogP contribution in [-0.4, -0.2) is 57.9 Å². The van der Waals surface area contributed by atoms with Gasteiger partial charge in [0.05, 0.1) is 30.8 Å². The standard InChI is InChI=1S/C24H32N6O2/c1-16(2)19-12-18(32-3)13-20-22(19)23(31)27-24(26-20)29-9-6-21-17(15-29)14-25-30(21)11-10-28-7-4-5-8-28/h12-14,16H,4-11,15H2,1-3H3,(H,26,27,31). The maximum atomic E-state index is 13.0. The fraction of sp³-hybridized carbons (Fsp3) is 0.542. The van der Waals surface area contributed by atoms with Crippen molar-refractivity contribution in [2.45, 2.75) is 52.1 Å². The summed E-state index contributed by atoms with van der Waals surface area (Å²) in [6.45, 7) is 10.1. The average molecular weight is 437 g/mol. The van der Waals surface area contributed by atoms with E-state index in [0.29, 0.717) is 23.4 Å². The second kappa shape index (κ2) is 8.58. The average Bonchev–Trinajstić information content (AvgIpc) is 3.46. The lowest BCUT2D eigenvalue weighted by Gasteiger charge is -2.28. The molecule has 5 rings (SSSR count). The fourth-order valence-electron chi connectivity index (χ4n) is 5.00. The molecule has 2 aliphatic rings. The SMILES string of the molecule is COc1cc(C(C)C)c2c(=O)[nH]c(N3CCc4c(cnn4CCN4CCCC4)C3)nc2c1. The molecule has 4 heterocycles. The van der Waals surface area contributed by atoms with Gasteiger partial charge in [0.25, 0.3) is 5.56 Å². The Labute approximate surface area is 188 Å². The van der Waals surface area contributed by atoms with Crippen molar-refractivity contribution in [2.75, 3.05) is 38.2 Å².